The van der Waals surface area contributed by atoms with Gasteiger partial charge in [0.2, 0.25) is 0 Å². The fourth-order valence-corrected chi connectivity index (χ4v) is 3.22. The molecule has 0 saturated carbocycles. The van der Waals surface area contributed by atoms with Gasteiger partial charge in [-0.2, -0.15) is 0 Å². The Morgan fingerprint density at radius 3 is 2.52 bits per heavy atom. The van der Waals surface area contributed by atoms with Crippen LogP contribution >= 0.6 is 15.9 Å². The Balaban J connectivity index is 1.84. The standard InChI is InChI=1S/C21H16BrFN2O6/c1-2-30-18(26)11-31-17-8-3-12(10-16(17)22)9-15-19(27)24-21(29)25(20(15)28)14-6-4-13(23)5-7-14/h3-10H,2,11H2,1H3,(H,24,27,29)/b15-9-. The van der Waals surface area contributed by atoms with Crippen LogP contribution in [0.4, 0.5) is 14.9 Å². The average molecular weight is 491 g/mol. The molecule has 0 atom stereocenters. The Labute approximate surface area is 184 Å². The number of ether oxygens (including phenoxy) is 2. The highest BCUT2D eigenvalue weighted by atomic mass is 79.9. The van der Waals surface area contributed by atoms with Crippen LogP contribution in [0.1, 0.15) is 12.5 Å². The minimum absolute atomic E-state index is 0.117. The summed E-state index contributed by atoms with van der Waals surface area (Å²) in [5.74, 6) is -2.39. The van der Waals surface area contributed by atoms with Crippen molar-refractivity contribution in [3.8, 4) is 5.75 Å². The molecule has 0 aliphatic carbocycles. The summed E-state index contributed by atoms with van der Waals surface area (Å²) in [5, 5.41) is 2.09. The zero-order valence-electron chi connectivity index (χ0n) is 16.2. The van der Waals surface area contributed by atoms with Crippen molar-refractivity contribution in [3.05, 3.63) is 63.9 Å². The lowest BCUT2D eigenvalue weighted by Gasteiger charge is -2.26. The van der Waals surface area contributed by atoms with Crippen molar-refractivity contribution in [1.82, 2.24) is 5.32 Å². The molecule has 1 aliphatic rings. The Bertz CT molecular complexity index is 1080. The van der Waals surface area contributed by atoms with E-state index in [2.05, 4.69) is 21.2 Å². The molecule has 0 aromatic heterocycles. The van der Waals surface area contributed by atoms with Crippen molar-refractivity contribution in [2.24, 2.45) is 0 Å². The van der Waals surface area contributed by atoms with Gasteiger partial charge in [0.1, 0.15) is 17.1 Å². The zero-order valence-corrected chi connectivity index (χ0v) is 17.8. The van der Waals surface area contributed by atoms with Gasteiger partial charge in [0, 0.05) is 0 Å². The third-order valence-electron chi connectivity index (χ3n) is 4.10. The largest absolute Gasteiger partial charge is 0.481 e. The van der Waals surface area contributed by atoms with Gasteiger partial charge in [-0.15, -0.1) is 0 Å². The van der Waals surface area contributed by atoms with Crippen LogP contribution in [-0.2, 0) is 19.1 Å². The number of esters is 1. The molecule has 0 unspecified atom stereocenters. The van der Waals surface area contributed by atoms with E-state index in [0.29, 0.717) is 15.8 Å². The SMILES string of the molecule is CCOC(=O)COc1ccc(/C=C2/C(=O)NC(=O)N(c3ccc(F)cc3)C2=O)cc1Br. The lowest BCUT2D eigenvalue weighted by atomic mass is 10.1. The smallest absolute Gasteiger partial charge is 0.344 e. The quantitative estimate of drug-likeness (QED) is 0.379. The summed E-state index contributed by atoms with van der Waals surface area (Å²) in [7, 11) is 0. The highest BCUT2D eigenvalue weighted by Crippen LogP contribution is 2.28. The number of imide groups is 2. The number of anilines is 1. The maximum absolute atomic E-state index is 13.2. The Morgan fingerprint density at radius 1 is 1.16 bits per heavy atom. The van der Waals surface area contributed by atoms with E-state index < -0.39 is 29.6 Å². The summed E-state index contributed by atoms with van der Waals surface area (Å²) in [6.45, 7) is 1.65. The van der Waals surface area contributed by atoms with Crippen LogP contribution in [0.3, 0.4) is 0 Å². The maximum Gasteiger partial charge on any atom is 0.344 e. The van der Waals surface area contributed by atoms with Crippen LogP contribution < -0.4 is 15.0 Å². The van der Waals surface area contributed by atoms with Gasteiger partial charge < -0.3 is 9.47 Å². The summed E-state index contributed by atoms with van der Waals surface area (Å²) in [6, 6.07) is 8.47. The van der Waals surface area contributed by atoms with Gasteiger partial charge in [0.15, 0.2) is 6.61 Å². The number of carbonyl (C=O) groups is 4. The predicted octanol–water partition coefficient (Wildman–Crippen LogP) is 3.20. The molecule has 0 spiro atoms. The molecular formula is C21H16BrFN2O6. The number of hydrogen-bond acceptors (Lipinski definition) is 6. The maximum atomic E-state index is 13.2. The zero-order chi connectivity index (χ0) is 22.5. The van der Waals surface area contributed by atoms with E-state index in [9.17, 15) is 23.6 Å². The predicted molar refractivity (Wildman–Crippen MR) is 112 cm³/mol. The third kappa shape index (κ3) is 5.15. The van der Waals surface area contributed by atoms with E-state index in [1.807, 2.05) is 0 Å². The van der Waals surface area contributed by atoms with E-state index >= 15 is 0 Å². The van der Waals surface area contributed by atoms with Gasteiger partial charge in [-0.25, -0.2) is 18.9 Å². The monoisotopic (exact) mass is 490 g/mol. The van der Waals surface area contributed by atoms with E-state index in [0.717, 1.165) is 17.0 Å². The van der Waals surface area contributed by atoms with E-state index in [-0.39, 0.29) is 24.5 Å². The fourth-order valence-electron chi connectivity index (χ4n) is 2.71. The molecule has 8 nitrogen and oxygen atoms in total. The molecule has 10 heteroatoms. The van der Waals surface area contributed by atoms with Crippen molar-refractivity contribution in [2.45, 2.75) is 6.92 Å². The second kappa shape index (κ2) is 9.52. The first-order valence-corrected chi connectivity index (χ1v) is 9.84. The van der Waals surface area contributed by atoms with Crippen LogP contribution in [-0.4, -0.2) is 37.0 Å². The first-order valence-electron chi connectivity index (χ1n) is 9.05. The summed E-state index contributed by atoms with van der Waals surface area (Å²) in [4.78, 5) is 49.4. The first kappa shape index (κ1) is 22.2. The minimum Gasteiger partial charge on any atom is -0.481 e. The van der Waals surface area contributed by atoms with Crippen molar-refractivity contribution in [3.63, 3.8) is 0 Å². The number of barbiturate groups is 1. The van der Waals surface area contributed by atoms with Gasteiger partial charge in [-0.1, -0.05) is 6.07 Å². The Kier molecular flexibility index (Phi) is 6.81. The van der Waals surface area contributed by atoms with E-state index in [1.54, 1.807) is 25.1 Å². The summed E-state index contributed by atoms with van der Waals surface area (Å²) in [5.41, 5.74) is 0.296. The third-order valence-corrected chi connectivity index (χ3v) is 4.72. The number of benzene rings is 2. The lowest BCUT2D eigenvalue weighted by molar-refractivity contribution is -0.145. The highest BCUT2D eigenvalue weighted by molar-refractivity contribution is 9.10. The second-order valence-corrected chi connectivity index (χ2v) is 7.07. The molecule has 0 bridgehead atoms. The van der Waals surface area contributed by atoms with Gasteiger partial charge in [-0.3, -0.25) is 14.9 Å². The topological polar surface area (TPSA) is 102 Å². The summed E-state index contributed by atoms with van der Waals surface area (Å²) < 4.78 is 23.8. The Morgan fingerprint density at radius 2 is 1.87 bits per heavy atom. The number of hydrogen-bond donors (Lipinski definition) is 1. The second-order valence-electron chi connectivity index (χ2n) is 6.22. The van der Waals surface area contributed by atoms with Gasteiger partial charge in [0.05, 0.1) is 16.8 Å². The molecule has 160 valence electrons. The number of urea groups is 1. The van der Waals surface area contributed by atoms with Crippen molar-refractivity contribution >= 4 is 51.5 Å². The minimum atomic E-state index is -0.928. The van der Waals surface area contributed by atoms with E-state index in [1.165, 1.54) is 18.2 Å². The normalized spacial score (nSPS) is 15.1. The first-order chi connectivity index (χ1) is 14.8. The number of halogens is 2. The van der Waals surface area contributed by atoms with Gasteiger partial charge >= 0.3 is 12.0 Å². The van der Waals surface area contributed by atoms with Crippen molar-refractivity contribution < 1.29 is 33.0 Å². The molecule has 1 fully saturated rings. The van der Waals surface area contributed by atoms with Gasteiger partial charge in [0.25, 0.3) is 11.8 Å². The number of nitrogens with zero attached hydrogens (tertiary/aromatic N) is 1. The van der Waals surface area contributed by atoms with Crippen LogP contribution in [0.15, 0.2) is 52.5 Å². The average Bonchev–Trinajstić information content (AvgIpc) is 2.72. The van der Waals surface area contributed by atoms with Crippen LogP contribution in [0, 0.1) is 5.82 Å². The summed E-state index contributed by atoms with van der Waals surface area (Å²) in [6.07, 6.45) is 1.31. The van der Waals surface area contributed by atoms with Crippen molar-refractivity contribution in [2.75, 3.05) is 18.1 Å². The number of rotatable bonds is 6. The molecule has 1 heterocycles. The molecule has 1 aliphatic heterocycles. The molecule has 4 amide bonds. The molecule has 0 radical (unpaired) electrons. The lowest BCUT2D eigenvalue weighted by Crippen LogP contribution is -2.54. The van der Waals surface area contributed by atoms with Gasteiger partial charge in [-0.05, 0) is 70.9 Å². The summed E-state index contributed by atoms with van der Waals surface area (Å²) >= 11 is 3.30. The molecule has 2 aromatic carbocycles. The fraction of sp³-hybridized carbons (Fsp3) is 0.143. The molecule has 1 saturated heterocycles. The molecule has 2 aromatic rings. The van der Waals surface area contributed by atoms with Crippen LogP contribution in [0.5, 0.6) is 5.75 Å². The molecular weight excluding hydrogens is 475 g/mol. The number of carbonyl (C=O) groups excluding carboxylic acids is 4. The van der Waals surface area contributed by atoms with E-state index in [4.69, 9.17) is 9.47 Å². The number of nitrogens with one attached hydrogen (secondary N) is 1. The van der Waals surface area contributed by atoms with Crippen molar-refractivity contribution in [1.29, 1.82) is 0 Å². The number of amides is 4. The molecule has 3 rings (SSSR count). The molecule has 31 heavy (non-hydrogen) atoms. The van der Waals surface area contributed by atoms with Crippen LogP contribution in [0.25, 0.3) is 6.08 Å². The van der Waals surface area contributed by atoms with Crippen LogP contribution in [0.2, 0.25) is 0 Å². The highest BCUT2D eigenvalue weighted by Gasteiger charge is 2.36. The molecule has 1 N–H and O–H groups in total. The Hall–Kier alpha value is -3.53.